The van der Waals surface area contributed by atoms with Crippen LogP contribution in [0.25, 0.3) is 0 Å². The van der Waals surface area contributed by atoms with E-state index in [4.69, 9.17) is 9.16 Å². The normalized spacial score (nSPS) is 23.7. The third-order valence-electron chi connectivity index (χ3n) is 4.12. The Kier molecular flexibility index (Phi) is 5.39. The van der Waals surface area contributed by atoms with Gasteiger partial charge in [0.1, 0.15) is 0 Å². The summed E-state index contributed by atoms with van der Waals surface area (Å²) in [6.07, 6.45) is 5.77. The molecule has 0 aromatic rings. The highest BCUT2D eigenvalue weighted by molar-refractivity contribution is 6.74. The lowest BCUT2D eigenvalue weighted by Gasteiger charge is -2.38. The van der Waals surface area contributed by atoms with Crippen molar-refractivity contribution < 1.29 is 14.0 Å². The van der Waals surface area contributed by atoms with Crippen LogP contribution in [0, 0.1) is 5.92 Å². The van der Waals surface area contributed by atoms with Crippen LogP contribution in [0.4, 0.5) is 0 Å². The van der Waals surface area contributed by atoms with E-state index in [2.05, 4.69) is 46.0 Å². The van der Waals surface area contributed by atoms with Crippen molar-refractivity contribution in [3.8, 4) is 0 Å². The minimum atomic E-state index is -1.72. The number of hydrogen-bond acceptors (Lipinski definition) is 3. The van der Waals surface area contributed by atoms with Gasteiger partial charge in [0.05, 0.1) is 19.1 Å². The summed E-state index contributed by atoms with van der Waals surface area (Å²) in [5, 5.41) is 0.222. The zero-order valence-electron chi connectivity index (χ0n) is 13.2. The molecule has 0 N–H and O–H groups in total. The topological polar surface area (TPSA) is 35.5 Å². The molecule has 0 unspecified atom stereocenters. The zero-order chi connectivity index (χ0) is 14.7. The maximum atomic E-state index is 11.5. The van der Waals surface area contributed by atoms with Gasteiger partial charge in [0.25, 0.3) is 0 Å². The van der Waals surface area contributed by atoms with Crippen molar-refractivity contribution in [2.75, 3.05) is 6.61 Å². The summed E-state index contributed by atoms with van der Waals surface area (Å²) in [5.41, 5.74) is 0. The summed E-state index contributed by atoms with van der Waals surface area (Å²) in [5.74, 6) is 0.166. The molecule has 0 radical (unpaired) electrons. The third-order valence-corrected chi connectivity index (χ3v) is 8.62. The van der Waals surface area contributed by atoms with Crippen LogP contribution in [-0.2, 0) is 14.0 Å². The summed E-state index contributed by atoms with van der Waals surface area (Å²) in [4.78, 5) is 11.5. The predicted molar refractivity (Wildman–Crippen MR) is 80.6 cm³/mol. The number of esters is 1. The molecule has 2 atom stereocenters. The van der Waals surface area contributed by atoms with Gasteiger partial charge in [-0.3, -0.25) is 4.79 Å². The molecule has 3 nitrogen and oxygen atoms in total. The highest BCUT2D eigenvalue weighted by Crippen LogP contribution is 2.39. The van der Waals surface area contributed by atoms with Crippen molar-refractivity contribution in [2.45, 2.75) is 64.8 Å². The molecule has 19 heavy (non-hydrogen) atoms. The molecule has 1 aliphatic carbocycles. The van der Waals surface area contributed by atoms with Crippen LogP contribution in [0.15, 0.2) is 12.2 Å². The fourth-order valence-electron chi connectivity index (χ4n) is 1.96. The van der Waals surface area contributed by atoms with Crippen molar-refractivity contribution >= 4 is 14.3 Å². The Labute approximate surface area is 118 Å². The summed E-state index contributed by atoms with van der Waals surface area (Å²) < 4.78 is 11.3. The Hall–Kier alpha value is -0.613. The van der Waals surface area contributed by atoms with Crippen molar-refractivity contribution in [2.24, 2.45) is 5.92 Å². The second-order valence-corrected chi connectivity index (χ2v) is 11.6. The smallest absolute Gasteiger partial charge is 0.306 e. The highest BCUT2D eigenvalue weighted by Gasteiger charge is 2.39. The lowest BCUT2D eigenvalue weighted by atomic mass is 10.1. The van der Waals surface area contributed by atoms with Crippen molar-refractivity contribution in [1.29, 1.82) is 0 Å². The quantitative estimate of drug-likeness (QED) is 0.436. The maximum Gasteiger partial charge on any atom is 0.306 e. The lowest BCUT2D eigenvalue weighted by Crippen LogP contribution is -2.43. The van der Waals surface area contributed by atoms with Crippen LogP contribution in [0.1, 0.15) is 40.5 Å². The summed E-state index contributed by atoms with van der Waals surface area (Å²) in [6, 6.07) is 0. The average molecular weight is 284 g/mol. The fourth-order valence-corrected chi connectivity index (χ4v) is 3.25. The molecule has 0 spiro atoms. The minimum absolute atomic E-state index is 0.106. The van der Waals surface area contributed by atoms with E-state index in [0.717, 1.165) is 6.42 Å². The lowest BCUT2D eigenvalue weighted by molar-refractivity contribution is -0.143. The molecule has 0 aromatic heterocycles. The molecule has 0 bridgehead atoms. The van der Waals surface area contributed by atoms with Gasteiger partial charge in [-0.2, -0.15) is 0 Å². The van der Waals surface area contributed by atoms with E-state index in [1.807, 2.05) is 6.92 Å². The molecule has 1 rings (SSSR count). The Morgan fingerprint density at radius 3 is 2.47 bits per heavy atom. The van der Waals surface area contributed by atoms with Crippen molar-refractivity contribution in [1.82, 2.24) is 0 Å². The monoisotopic (exact) mass is 284 g/mol. The number of allylic oxidation sites excluding steroid dienone is 1. The predicted octanol–water partition coefficient (Wildman–Crippen LogP) is 3.91. The highest BCUT2D eigenvalue weighted by atomic mass is 28.4. The number of ether oxygens (including phenoxy) is 1. The van der Waals surface area contributed by atoms with Crippen LogP contribution in [0.2, 0.25) is 18.1 Å². The maximum absolute atomic E-state index is 11.5. The van der Waals surface area contributed by atoms with Crippen LogP contribution < -0.4 is 0 Å². The molecule has 110 valence electrons. The van der Waals surface area contributed by atoms with E-state index < -0.39 is 8.32 Å². The number of rotatable bonds is 5. The van der Waals surface area contributed by atoms with Crippen molar-refractivity contribution in [3.05, 3.63) is 12.2 Å². The molecule has 0 fully saturated rings. The second-order valence-electron chi connectivity index (χ2n) is 6.81. The van der Waals surface area contributed by atoms with E-state index in [9.17, 15) is 4.79 Å². The summed E-state index contributed by atoms with van der Waals surface area (Å²) in [7, 11) is -1.72. The molecule has 0 aliphatic heterocycles. The first-order valence-corrected chi connectivity index (χ1v) is 10.1. The van der Waals surface area contributed by atoms with E-state index in [-0.39, 0.29) is 23.0 Å². The standard InChI is InChI=1S/C15H28O3Si/c1-7-17-14(16)11-12-8-9-13(10-12)18-19(5,6)15(2,3)4/h8-9,12-13H,7,10-11H2,1-6H3/t12-,13+/m0/s1. The summed E-state index contributed by atoms with van der Waals surface area (Å²) >= 11 is 0. The Morgan fingerprint density at radius 2 is 1.95 bits per heavy atom. The number of carbonyl (C=O) groups is 1. The number of hydrogen-bond donors (Lipinski definition) is 0. The number of carbonyl (C=O) groups excluding carboxylic acids is 1. The van der Waals surface area contributed by atoms with Gasteiger partial charge in [0.15, 0.2) is 8.32 Å². The molecule has 0 heterocycles. The second kappa shape index (κ2) is 6.22. The molecule has 0 aromatic carbocycles. The van der Waals surface area contributed by atoms with Crippen LogP contribution in [-0.4, -0.2) is 27.0 Å². The first-order chi connectivity index (χ1) is 8.65. The third kappa shape index (κ3) is 4.77. The summed E-state index contributed by atoms with van der Waals surface area (Å²) in [6.45, 7) is 13.6. The van der Waals surface area contributed by atoms with Crippen LogP contribution >= 0.6 is 0 Å². The fraction of sp³-hybridized carbons (Fsp3) is 0.800. The van der Waals surface area contributed by atoms with Gasteiger partial charge < -0.3 is 9.16 Å². The van der Waals surface area contributed by atoms with Gasteiger partial charge in [-0.05, 0) is 37.4 Å². The Balaban J connectivity index is 2.46. The molecule has 0 saturated carbocycles. The largest absolute Gasteiger partial charge is 0.466 e. The minimum Gasteiger partial charge on any atom is -0.466 e. The molecule has 0 saturated heterocycles. The molecular weight excluding hydrogens is 256 g/mol. The van der Waals surface area contributed by atoms with Gasteiger partial charge in [-0.15, -0.1) is 0 Å². The molecular formula is C15H28O3Si. The van der Waals surface area contributed by atoms with E-state index in [0.29, 0.717) is 13.0 Å². The molecule has 1 aliphatic rings. The van der Waals surface area contributed by atoms with Crippen LogP contribution in [0.3, 0.4) is 0 Å². The van der Waals surface area contributed by atoms with E-state index in [1.54, 1.807) is 0 Å². The van der Waals surface area contributed by atoms with E-state index in [1.165, 1.54) is 0 Å². The van der Waals surface area contributed by atoms with Gasteiger partial charge in [0.2, 0.25) is 0 Å². The first-order valence-electron chi connectivity index (χ1n) is 7.17. The van der Waals surface area contributed by atoms with Crippen LogP contribution in [0.5, 0.6) is 0 Å². The zero-order valence-corrected chi connectivity index (χ0v) is 14.2. The van der Waals surface area contributed by atoms with Crippen molar-refractivity contribution in [3.63, 3.8) is 0 Å². The van der Waals surface area contributed by atoms with Gasteiger partial charge in [0, 0.05) is 0 Å². The molecule has 4 heteroatoms. The Bertz CT molecular complexity index is 342. The van der Waals surface area contributed by atoms with Gasteiger partial charge in [-0.25, -0.2) is 0 Å². The first kappa shape index (κ1) is 16.4. The average Bonchev–Trinajstić information content (AvgIpc) is 2.63. The Morgan fingerprint density at radius 1 is 1.32 bits per heavy atom. The van der Waals surface area contributed by atoms with Gasteiger partial charge in [-0.1, -0.05) is 32.9 Å². The van der Waals surface area contributed by atoms with E-state index >= 15 is 0 Å². The molecule has 0 amide bonds. The van der Waals surface area contributed by atoms with Gasteiger partial charge >= 0.3 is 5.97 Å². The SMILES string of the molecule is CCOC(=O)C[C@H]1C=C[C@@H](O[Si](C)(C)C(C)(C)C)C1.